The summed E-state index contributed by atoms with van der Waals surface area (Å²) in [4.78, 5) is 17.0. The van der Waals surface area contributed by atoms with Gasteiger partial charge in [0.25, 0.3) is 0 Å². The minimum absolute atomic E-state index is 0.290. The number of piperazine rings is 1. The topological polar surface area (TPSA) is 58.8 Å². The van der Waals surface area contributed by atoms with E-state index in [2.05, 4.69) is 23.6 Å². The Bertz CT molecular complexity index is 373. The number of methoxy groups -OCH3 is 1. The molecule has 0 bridgehead atoms. The summed E-state index contributed by atoms with van der Waals surface area (Å²) in [6, 6.07) is 1.49. The van der Waals surface area contributed by atoms with E-state index in [1.54, 1.807) is 6.92 Å². The monoisotopic (exact) mass is 297 g/mol. The van der Waals surface area contributed by atoms with Gasteiger partial charge in [0.1, 0.15) is 5.54 Å². The number of hydrogen-bond acceptors (Lipinski definition) is 5. The van der Waals surface area contributed by atoms with Crippen LogP contribution < -0.4 is 5.73 Å². The van der Waals surface area contributed by atoms with Crippen molar-refractivity contribution in [3.63, 3.8) is 0 Å². The van der Waals surface area contributed by atoms with Gasteiger partial charge in [0, 0.05) is 31.2 Å². The quantitative estimate of drug-likeness (QED) is 0.791. The second-order valence-electron chi connectivity index (χ2n) is 7.15. The second-order valence-corrected chi connectivity index (χ2v) is 7.15. The third-order valence-corrected chi connectivity index (χ3v) is 5.17. The van der Waals surface area contributed by atoms with Crippen molar-refractivity contribution in [1.29, 1.82) is 0 Å². The average molecular weight is 297 g/mol. The Balaban J connectivity index is 1.98. The lowest BCUT2D eigenvalue weighted by atomic mass is 9.91. The summed E-state index contributed by atoms with van der Waals surface area (Å²) in [5.41, 5.74) is 5.24. The molecule has 2 fully saturated rings. The number of hydrogen-bond donors (Lipinski definition) is 1. The first-order valence-corrected chi connectivity index (χ1v) is 8.22. The van der Waals surface area contributed by atoms with Gasteiger partial charge in [0.2, 0.25) is 0 Å². The fourth-order valence-electron chi connectivity index (χ4n) is 4.04. The van der Waals surface area contributed by atoms with E-state index in [-0.39, 0.29) is 12.0 Å². The van der Waals surface area contributed by atoms with Crippen LogP contribution in [0.15, 0.2) is 0 Å². The third kappa shape index (κ3) is 3.76. The van der Waals surface area contributed by atoms with E-state index in [9.17, 15) is 4.79 Å². The Morgan fingerprint density at radius 1 is 1.43 bits per heavy atom. The van der Waals surface area contributed by atoms with Gasteiger partial charge in [-0.25, -0.2) is 0 Å². The summed E-state index contributed by atoms with van der Waals surface area (Å²) >= 11 is 0. The molecule has 0 radical (unpaired) electrons. The van der Waals surface area contributed by atoms with Gasteiger partial charge in [-0.05, 0) is 46.6 Å². The van der Waals surface area contributed by atoms with Gasteiger partial charge in [-0.3, -0.25) is 14.6 Å². The molecular formula is C16H31N3O2. The minimum Gasteiger partial charge on any atom is -0.468 e. The van der Waals surface area contributed by atoms with Crippen LogP contribution in [0.1, 0.15) is 46.5 Å². The van der Waals surface area contributed by atoms with Crippen molar-refractivity contribution < 1.29 is 9.53 Å². The van der Waals surface area contributed by atoms with E-state index in [0.717, 1.165) is 13.1 Å². The fourth-order valence-corrected chi connectivity index (χ4v) is 4.04. The van der Waals surface area contributed by atoms with Crippen molar-refractivity contribution >= 4 is 5.97 Å². The maximum atomic E-state index is 11.8. The second kappa shape index (κ2) is 6.63. The van der Waals surface area contributed by atoms with Crippen molar-refractivity contribution in [2.24, 2.45) is 5.73 Å². The van der Waals surface area contributed by atoms with Crippen molar-refractivity contribution in [3.05, 3.63) is 0 Å². The van der Waals surface area contributed by atoms with E-state index in [0.29, 0.717) is 18.5 Å². The van der Waals surface area contributed by atoms with Gasteiger partial charge >= 0.3 is 5.97 Å². The SMILES string of the molecule is COC(=O)C(C)(N)CC(C)N1CC2CCCCN2CC1C. The Labute approximate surface area is 128 Å². The lowest BCUT2D eigenvalue weighted by Gasteiger charge is -2.50. The lowest BCUT2D eigenvalue weighted by Crippen LogP contribution is -2.62. The summed E-state index contributed by atoms with van der Waals surface area (Å²) in [6.07, 6.45) is 4.61. The van der Waals surface area contributed by atoms with Gasteiger partial charge < -0.3 is 10.5 Å². The predicted molar refractivity (Wildman–Crippen MR) is 84.1 cm³/mol. The van der Waals surface area contributed by atoms with Crippen molar-refractivity contribution in [2.75, 3.05) is 26.7 Å². The Hall–Kier alpha value is -0.650. The van der Waals surface area contributed by atoms with Gasteiger partial charge in [-0.1, -0.05) is 6.42 Å². The summed E-state index contributed by atoms with van der Waals surface area (Å²) in [6.45, 7) is 9.72. The van der Waals surface area contributed by atoms with Gasteiger partial charge in [0.05, 0.1) is 7.11 Å². The molecular weight excluding hydrogens is 266 g/mol. The maximum absolute atomic E-state index is 11.8. The van der Waals surface area contributed by atoms with Gasteiger partial charge in [-0.15, -0.1) is 0 Å². The van der Waals surface area contributed by atoms with Crippen LogP contribution in [0.25, 0.3) is 0 Å². The van der Waals surface area contributed by atoms with Crippen LogP contribution in [0.2, 0.25) is 0 Å². The molecule has 0 amide bonds. The molecule has 2 aliphatic heterocycles. The van der Waals surface area contributed by atoms with Gasteiger partial charge in [0.15, 0.2) is 0 Å². The highest BCUT2D eigenvalue weighted by molar-refractivity contribution is 5.79. The number of ether oxygens (including phenoxy) is 1. The predicted octanol–water partition coefficient (Wildman–Crippen LogP) is 1.21. The molecule has 2 aliphatic rings. The Kier molecular flexibility index (Phi) is 5.28. The molecule has 4 unspecified atom stereocenters. The number of nitrogens with two attached hydrogens (primary N) is 1. The van der Waals surface area contributed by atoms with Crippen LogP contribution in [-0.4, -0.2) is 66.2 Å². The first-order valence-electron chi connectivity index (χ1n) is 8.22. The van der Waals surface area contributed by atoms with Crippen molar-refractivity contribution in [3.8, 4) is 0 Å². The van der Waals surface area contributed by atoms with Crippen LogP contribution in [0.5, 0.6) is 0 Å². The fraction of sp³-hybridized carbons (Fsp3) is 0.938. The molecule has 5 nitrogen and oxygen atoms in total. The molecule has 0 aromatic carbocycles. The number of piperidine rings is 1. The number of fused-ring (bicyclic) bond motifs is 1. The van der Waals surface area contributed by atoms with Crippen LogP contribution >= 0.6 is 0 Å². The van der Waals surface area contributed by atoms with Crippen molar-refractivity contribution in [2.45, 2.75) is 70.1 Å². The highest BCUT2D eigenvalue weighted by Crippen LogP contribution is 2.27. The zero-order chi connectivity index (χ0) is 15.6. The molecule has 5 heteroatoms. The van der Waals surface area contributed by atoms with E-state index < -0.39 is 5.54 Å². The molecule has 0 aromatic rings. The summed E-state index contributed by atoms with van der Waals surface area (Å²) in [5, 5.41) is 0. The molecule has 0 aromatic heterocycles. The Morgan fingerprint density at radius 3 is 2.81 bits per heavy atom. The highest BCUT2D eigenvalue weighted by Gasteiger charge is 2.38. The largest absolute Gasteiger partial charge is 0.468 e. The molecule has 0 saturated carbocycles. The number of esters is 1. The average Bonchev–Trinajstić information content (AvgIpc) is 2.44. The summed E-state index contributed by atoms with van der Waals surface area (Å²) < 4.78 is 4.83. The summed E-state index contributed by atoms with van der Waals surface area (Å²) in [7, 11) is 1.40. The van der Waals surface area contributed by atoms with Crippen LogP contribution in [0, 0.1) is 0 Å². The van der Waals surface area contributed by atoms with E-state index >= 15 is 0 Å². The summed E-state index contributed by atoms with van der Waals surface area (Å²) in [5.74, 6) is -0.321. The zero-order valence-electron chi connectivity index (χ0n) is 14.0. The molecule has 122 valence electrons. The minimum atomic E-state index is -0.905. The molecule has 4 atom stereocenters. The lowest BCUT2D eigenvalue weighted by molar-refractivity contribution is -0.147. The number of nitrogens with zero attached hydrogens (tertiary/aromatic N) is 2. The standard InChI is InChI=1S/C16H31N3O2/c1-12(9-16(3,17)15(20)21-4)19-11-14-7-5-6-8-18(14)10-13(19)2/h12-14H,5-11,17H2,1-4H3. The first-order chi connectivity index (χ1) is 9.85. The van der Waals surface area contributed by atoms with E-state index in [4.69, 9.17) is 10.5 Å². The van der Waals surface area contributed by atoms with Crippen LogP contribution in [-0.2, 0) is 9.53 Å². The molecule has 2 rings (SSSR count). The van der Waals surface area contributed by atoms with E-state index in [1.165, 1.54) is 32.9 Å². The highest BCUT2D eigenvalue weighted by atomic mass is 16.5. The normalized spacial score (nSPS) is 32.0. The van der Waals surface area contributed by atoms with Crippen molar-refractivity contribution in [1.82, 2.24) is 9.80 Å². The van der Waals surface area contributed by atoms with Gasteiger partial charge in [-0.2, -0.15) is 0 Å². The Morgan fingerprint density at radius 2 is 2.14 bits per heavy atom. The molecule has 0 spiro atoms. The smallest absolute Gasteiger partial charge is 0.325 e. The molecule has 0 aliphatic carbocycles. The molecule has 2 heterocycles. The zero-order valence-corrected chi connectivity index (χ0v) is 14.0. The van der Waals surface area contributed by atoms with Crippen LogP contribution in [0.3, 0.4) is 0 Å². The molecule has 2 saturated heterocycles. The molecule has 2 N–H and O–H groups in total. The molecule has 21 heavy (non-hydrogen) atoms. The number of carbonyl (C=O) groups is 1. The maximum Gasteiger partial charge on any atom is 0.325 e. The van der Waals surface area contributed by atoms with Crippen LogP contribution in [0.4, 0.5) is 0 Å². The van der Waals surface area contributed by atoms with E-state index in [1.807, 2.05) is 0 Å². The first kappa shape index (κ1) is 16.7. The number of rotatable bonds is 4. The third-order valence-electron chi connectivity index (χ3n) is 5.17. The number of carbonyl (C=O) groups excluding carboxylic acids is 1.